The number of ether oxygens (including phenoxy) is 1. The van der Waals surface area contributed by atoms with Gasteiger partial charge in [-0.25, -0.2) is 0 Å². The van der Waals surface area contributed by atoms with E-state index in [4.69, 9.17) is 10.5 Å². The highest BCUT2D eigenvalue weighted by Gasteiger charge is 2.02. The molecule has 0 fully saturated rings. The van der Waals surface area contributed by atoms with Crippen LogP contribution >= 0.6 is 0 Å². The Labute approximate surface area is 108 Å². The van der Waals surface area contributed by atoms with Crippen LogP contribution in [-0.4, -0.2) is 6.61 Å². The molecular formula is C16H19NO. The van der Waals surface area contributed by atoms with Gasteiger partial charge in [-0.1, -0.05) is 36.4 Å². The van der Waals surface area contributed by atoms with E-state index in [0.717, 1.165) is 16.9 Å². The zero-order valence-corrected chi connectivity index (χ0v) is 10.9. The van der Waals surface area contributed by atoms with Crippen LogP contribution in [0.3, 0.4) is 0 Å². The summed E-state index contributed by atoms with van der Waals surface area (Å²) in [5, 5.41) is 0. The van der Waals surface area contributed by atoms with E-state index in [1.807, 2.05) is 26.0 Å². The molecule has 2 N–H and O–H groups in total. The van der Waals surface area contributed by atoms with Gasteiger partial charge in [-0.3, -0.25) is 0 Å². The maximum Gasteiger partial charge on any atom is 0.119 e. The molecule has 0 saturated carbocycles. The second-order valence-electron chi connectivity index (χ2n) is 4.37. The quantitative estimate of drug-likeness (QED) is 0.884. The standard InChI is InChI=1S/C16H19NO/c1-3-18-16-6-4-5-15(11-16)14-9-7-13(8-10-14)12(2)17/h4-12H,3,17H2,1-2H3. The zero-order chi connectivity index (χ0) is 13.0. The van der Waals surface area contributed by atoms with Gasteiger partial charge in [-0.2, -0.15) is 0 Å². The Hall–Kier alpha value is -1.80. The number of nitrogens with two attached hydrogens (primary N) is 1. The monoisotopic (exact) mass is 241 g/mol. The van der Waals surface area contributed by atoms with Crippen LogP contribution in [0.15, 0.2) is 48.5 Å². The van der Waals surface area contributed by atoms with Crippen LogP contribution in [0.25, 0.3) is 11.1 Å². The van der Waals surface area contributed by atoms with Gasteiger partial charge in [0.2, 0.25) is 0 Å². The highest BCUT2D eigenvalue weighted by molar-refractivity contribution is 5.65. The maximum absolute atomic E-state index is 5.85. The molecule has 0 heterocycles. The third kappa shape index (κ3) is 2.90. The molecule has 2 rings (SSSR count). The molecule has 0 aliphatic carbocycles. The largest absolute Gasteiger partial charge is 0.494 e. The smallest absolute Gasteiger partial charge is 0.119 e. The lowest BCUT2D eigenvalue weighted by atomic mass is 10.0. The van der Waals surface area contributed by atoms with Crippen LogP contribution < -0.4 is 10.5 Å². The summed E-state index contributed by atoms with van der Waals surface area (Å²) in [7, 11) is 0. The minimum absolute atomic E-state index is 0.0776. The first-order chi connectivity index (χ1) is 8.70. The van der Waals surface area contributed by atoms with Gasteiger partial charge >= 0.3 is 0 Å². The van der Waals surface area contributed by atoms with Crippen LogP contribution in [0.4, 0.5) is 0 Å². The molecule has 0 aliphatic rings. The van der Waals surface area contributed by atoms with Crippen molar-refractivity contribution in [2.75, 3.05) is 6.61 Å². The first-order valence-corrected chi connectivity index (χ1v) is 6.29. The first kappa shape index (κ1) is 12.7. The SMILES string of the molecule is CCOc1cccc(-c2ccc(C(C)N)cc2)c1. The van der Waals surface area contributed by atoms with Crippen molar-refractivity contribution in [2.45, 2.75) is 19.9 Å². The van der Waals surface area contributed by atoms with Crippen molar-refractivity contribution >= 4 is 0 Å². The van der Waals surface area contributed by atoms with Crippen molar-refractivity contribution in [3.05, 3.63) is 54.1 Å². The van der Waals surface area contributed by atoms with E-state index in [-0.39, 0.29) is 6.04 Å². The summed E-state index contributed by atoms with van der Waals surface area (Å²) in [6.45, 7) is 4.67. The van der Waals surface area contributed by atoms with Crippen LogP contribution in [0, 0.1) is 0 Å². The molecule has 2 aromatic carbocycles. The molecule has 2 heteroatoms. The lowest BCUT2D eigenvalue weighted by molar-refractivity contribution is 0.340. The predicted octanol–water partition coefficient (Wildman–Crippen LogP) is 3.77. The number of rotatable bonds is 4. The Morgan fingerprint density at radius 3 is 2.39 bits per heavy atom. The van der Waals surface area contributed by atoms with E-state index < -0.39 is 0 Å². The van der Waals surface area contributed by atoms with Crippen LogP contribution in [0.1, 0.15) is 25.5 Å². The van der Waals surface area contributed by atoms with E-state index >= 15 is 0 Å². The van der Waals surface area contributed by atoms with Gasteiger partial charge in [0.1, 0.15) is 5.75 Å². The summed E-state index contributed by atoms with van der Waals surface area (Å²) in [6.07, 6.45) is 0. The molecule has 94 valence electrons. The fourth-order valence-corrected chi connectivity index (χ4v) is 1.91. The topological polar surface area (TPSA) is 35.2 Å². The molecule has 0 bridgehead atoms. The van der Waals surface area contributed by atoms with Gasteiger partial charge < -0.3 is 10.5 Å². The summed E-state index contributed by atoms with van der Waals surface area (Å²) < 4.78 is 5.51. The third-order valence-corrected chi connectivity index (χ3v) is 2.91. The Morgan fingerprint density at radius 1 is 1.06 bits per heavy atom. The van der Waals surface area contributed by atoms with Crippen molar-refractivity contribution in [3.63, 3.8) is 0 Å². The van der Waals surface area contributed by atoms with Gasteiger partial charge in [0.25, 0.3) is 0 Å². The molecule has 2 nitrogen and oxygen atoms in total. The lowest BCUT2D eigenvalue weighted by Crippen LogP contribution is -2.04. The third-order valence-electron chi connectivity index (χ3n) is 2.91. The van der Waals surface area contributed by atoms with Gasteiger partial charge in [0, 0.05) is 6.04 Å². The highest BCUT2D eigenvalue weighted by atomic mass is 16.5. The fraction of sp³-hybridized carbons (Fsp3) is 0.250. The van der Waals surface area contributed by atoms with Crippen molar-refractivity contribution in [1.29, 1.82) is 0 Å². The summed E-state index contributed by atoms with van der Waals surface area (Å²) in [6, 6.07) is 16.6. The van der Waals surface area contributed by atoms with Crippen LogP contribution in [0.5, 0.6) is 5.75 Å². The summed E-state index contributed by atoms with van der Waals surface area (Å²) in [5.74, 6) is 0.909. The van der Waals surface area contributed by atoms with Gasteiger partial charge in [-0.15, -0.1) is 0 Å². The van der Waals surface area contributed by atoms with E-state index in [1.54, 1.807) is 0 Å². The second kappa shape index (κ2) is 5.69. The normalized spacial score (nSPS) is 12.2. The molecule has 0 saturated heterocycles. The average Bonchev–Trinajstić information content (AvgIpc) is 2.39. The minimum atomic E-state index is 0.0776. The summed E-state index contributed by atoms with van der Waals surface area (Å²) in [4.78, 5) is 0. The Bertz CT molecular complexity index is 503. The number of hydrogen-bond donors (Lipinski definition) is 1. The Balaban J connectivity index is 2.27. The van der Waals surface area contributed by atoms with E-state index in [2.05, 4.69) is 36.4 Å². The number of benzene rings is 2. The highest BCUT2D eigenvalue weighted by Crippen LogP contribution is 2.25. The molecule has 0 amide bonds. The van der Waals surface area contributed by atoms with Gasteiger partial charge in [-0.05, 0) is 42.7 Å². The fourth-order valence-electron chi connectivity index (χ4n) is 1.91. The Kier molecular flexibility index (Phi) is 4.00. The summed E-state index contributed by atoms with van der Waals surface area (Å²) >= 11 is 0. The van der Waals surface area contributed by atoms with Gasteiger partial charge in [0.15, 0.2) is 0 Å². The first-order valence-electron chi connectivity index (χ1n) is 6.29. The molecule has 2 aromatic rings. The van der Waals surface area contributed by atoms with Crippen molar-refractivity contribution in [3.8, 4) is 16.9 Å². The Morgan fingerprint density at radius 2 is 1.78 bits per heavy atom. The van der Waals surface area contributed by atoms with Crippen molar-refractivity contribution < 1.29 is 4.74 Å². The molecule has 0 radical (unpaired) electrons. The number of hydrogen-bond acceptors (Lipinski definition) is 2. The molecule has 0 spiro atoms. The second-order valence-corrected chi connectivity index (χ2v) is 4.37. The van der Waals surface area contributed by atoms with Crippen LogP contribution in [0.2, 0.25) is 0 Å². The van der Waals surface area contributed by atoms with Crippen molar-refractivity contribution in [2.24, 2.45) is 5.73 Å². The molecule has 0 aliphatic heterocycles. The van der Waals surface area contributed by atoms with Crippen molar-refractivity contribution in [1.82, 2.24) is 0 Å². The van der Waals surface area contributed by atoms with E-state index in [9.17, 15) is 0 Å². The zero-order valence-electron chi connectivity index (χ0n) is 10.9. The predicted molar refractivity (Wildman–Crippen MR) is 75.6 cm³/mol. The van der Waals surface area contributed by atoms with Gasteiger partial charge in [0.05, 0.1) is 6.61 Å². The summed E-state index contributed by atoms with van der Waals surface area (Å²) in [5.41, 5.74) is 9.34. The lowest BCUT2D eigenvalue weighted by Gasteiger charge is -2.09. The molecular weight excluding hydrogens is 222 g/mol. The molecule has 1 unspecified atom stereocenters. The molecule has 18 heavy (non-hydrogen) atoms. The van der Waals surface area contributed by atoms with E-state index in [1.165, 1.54) is 5.56 Å². The average molecular weight is 241 g/mol. The molecule has 0 aromatic heterocycles. The minimum Gasteiger partial charge on any atom is -0.494 e. The van der Waals surface area contributed by atoms with E-state index in [0.29, 0.717) is 6.61 Å². The van der Waals surface area contributed by atoms with Crippen LogP contribution in [-0.2, 0) is 0 Å². The maximum atomic E-state index is 5.85. The molecule has 1 atom stereocenters.